The summed E-state index contributed by atoms with van der Waals surface area (Å²) in [7, 11) is 1.97. The van der Waals surface area contributed by atoms with E-state index in [0.29, 0.717) is 12.5 Å². The van der Waals surface area contributed by atoms with Gasteiger partial charge in [0.1, 0.15) is 0 Å². The molecule has 2 aliphatic rings. The van der Waals surface area contributed by atoms with Gasteiger partial charge in [-0.25, -0.2) is 19.4 Å². The molecule has 1 fully saturated rings. The zero-order valence-corrected chi connectivity index (χ0v) is 19.8. The summed E-state index contributed by atoms with van der Waals surface area (Å²) in [5, 5.41) is 11.7. The summed E-state index contributed by atoms with van der Waals surface area (Å²) in [5.74, 6) is -1.48. The first-order valence-electron chi connectivity index (χ1n) is 11.3. The maximum atomic E-state index is 12.9. The number of benzene rings is 1. The van der Waals surface area contributed by atoms with Crippen LogP contribution in [0.1, 0.15) is 18.4 Å². The van der Waals surface area contributed by atoms with Gasteiger partial charge in [0.25, 0.3) is 0 Å². The summed E-state index contributed by atoms with van der Waals surface area (Å²) in [4.78, 5) is 47.4. The van der Waals surface area contributed by atoms with Gasteiger partial charge in [0.2, 0.25) is 11.9 Å². The molecule has 14 heteroatoms. The Bertz CT molecular complexity index is 1370. The highest BCUT2D eigenvalue weighted by Gasteiger charge is 2.46. The third kappa shape index (κ3) is 5.32. The second-order valence-corrected chi connectivity index (χ2v) is 8.76. The molecule has 3 aromatic rings. The second-order valence-electron chi connectivity index (χ2n) is 8.76. The number of carboxylic acids is 1. The van der Waals surface area contributed by atoms with E-state index in [2.05, 4.69) is 24.9 Å². The largest absolute Gasteiger partial charge is 0.490 e. The van der Waals surface area contributed by atoms with E-state index in [4.69, 9.17) is 9.90 Å². The van der Waals surface area contributed by atoms with E-state index < -0.39 is 23.3 Å². The third-order valence-electron chi connectivity index (χ3n) is 6.52. The van der Waals surface area contributed by atoms with Crippen LogP contribution in [0, 0.1) is 0 Å². The van der Waals surface area contributed by atoms with Crippen molar-refractivity contribution in [3.63, 3.8) is 0 Å². The fourth-order valence-electron chi connectivity index (χ4n) is 4.46. The summed E-state index contributed by atoms with van der Waals surface area (Å²) in [5.41, 5.74) is -0.386. The Morgan fingerprint density at radius 2 is 1.62 bits per heavy atom. The molecule has 11 nitrogen and oxygen atoms in total. The minimum Gasteiger partial charge on any atom is -0.475 e. The second kappa shape index (κ2) is 10.0. The highest BCUT2D eigenvalue weighted by molar-refractivity contribution is 5.73. The molecule has 0 aliphatic carbocycles. The number of likely N-dealkylation sites (N-methyl/N-ethyl adjacent to an activating group) is 1. The van der Waals surface area contributed by atoms with Gasteiger partial charge in [-0.3, -0.25) is 14.2 Å². The average Bonchev–Trinajstić information content (AvgIpc) is 3.15. The number of hydrogen-bond acceptors (Lipinski definition) is 8. The quantitative estimate of drug-likeness (QED) is 0.511. The van der Waals surface area contributed by atoms with Crippen LogP contribution in [-0.2, 0) is 17.9 Å². The molecule has 0 unspecified atom stereocenters. The van der Waals surface area contributed by atoms with Crippen molar-refractivity contribution < 1.29 is 23.1 Å². The Balaban J connectivity index is 0.000000405. The molecule has 196 valence electrons. The van der Waals surface area contributed by atoms with Gasteiger partial charge in [0.15, 0.2) is 0 Å². The molecular formula is C23H24F3N7O4. The average molecular weight is 519 g/mol. The normalized spacial score (nSPS) is 16.2. The summed E-state index contributed by atoms with van der Waals surface area (Å²) in [6, 6.07) is 11.4. The number of halogens is 3. The van der Waals surface area contributed by atoms with Crippen LogP contribution in [0.25, 0.3) is 0 Å². The zero-order chi connectivity index (χ0) is 26.8. The highest BCUT2D eigenvalue weighted by atomic mass is 19.4. The van der Waals surface area contributed by atoms with Crippen LogP contribution in [0.4, 0.5) is 25.1 Å². The van der Waals surface area contributed by atoms with Crippen LogP contribution in [0.5, 0.6) is 0 Å². The van der Waals surface area contributed by atoms with Gasteiger partial charge in [-0.1, -0.05) is 30.3 Å². The van der Waals surface area contributed by atoms with Gasteiger partial charge in [-0.05, 0) is 24.5 Å². The minimum atomic E-state index is -5.08. The van der Waals surface area contributed by atoms with Crippen LogP contribution in [0.2, 0.25) is 0 Å². The van der Waals surface area contributed by atoms with Crippen LogP contribution in [-0.4, -0.2) is 67.2 Å². The number of rotatable bonds is 3. The lowest BCUT2D eigenvalue weighted by molar-refractivity contribution is -0.192. The van der Waals surface area contributed by atoms with Gasteiger partial charge in [-0.15, -0.1) is 5.10 Å². The molecule has 0 saturated carbocycles. The first-order valence-corrected chi connectivity index (χ1v) is 11.3. The Labute approximate surface area is 208 Å². The smallest absolute Gasteiger partial charge is 0.475 e. The van der Waals surface area contributed by atoms with Crippen molar-refractivity contribution in [3.8, 4) is 0 Å². The molecule has 0 radical (unpaired) electrons. The van der Waals surface area contributed by atoms with Gasteiger partial charge in [0, 0.05) is 32.5 Å². The Morgan fingerprint density at radius 1 is 1.03 bits per heavy atom. The maximum absolute atomic E-state index is 12.9. The van der Waals surface area contributed by atoms with Crippen LogP contribution < -0.4 is 20.9 Å². The predicted molar refractivity (Wildman–Crippen MR) is 127 cm³/mol. The van der Waals surface area contributed by atoms with Crippen LogP contribution >= 0.6 is 0 Å². The molecule has 0 bridgehead atoms. The van der Waals surface area contributed by atoms with E-state index in [1.165, 1.54) is 4.68 Å². The van der Waals surface area contributed by atoms with E-state index in [-0.39, 0.29) is 12.1 Å². The van der Waals surface area contributed by atoms with Gasteiger partial charge >= 0.3 is 23.3 Å². The standard InChI is InChI=1S/C21H23N7O2.C2HF3O2/c1-25-20-24-28(14-16-6-3-2-4-7-16)18(30)17(29)27(20)15-21(25)8-12-26(13-9-21)19-22-10-5-11-23-19;3-2(4,5)1(6)7/h2-7,10-11H,8-9,12-15H2,1H3;(H,6,7). The molecular weight excluding hydrogens is 495 g/mol. The van der Waals surface area contributed by atoms with Gasteiger partial charge in [0.05, 0.1) is 18.6 Å². The number of carboxylic acid groups (broad SMARTS) is 1. The van der Waals surface area contributed by atoms with Gasteiger partial charge in [-0.2, -0.15) is 13.2 Å². The first-order chi connectivity index (χ1) is 17.5. The number of piperidine rings is 1. The monoisotopic (exact) mass is 519 g/mol. The van der Waals surface area contributed by atoms with E-state index in [9.17, 15) is 22.8 Å². The molecule has 1 saturated heterocycles. The number of carbonyl (C=O) groups is 1. The zero-order valence-electron chi connectivity index (χ0n) is 19.8. The number of fused-ring (bicyclic) bond motifs is 1. The predicted octanol–water partition coefficient (Wildman–Crippen LogP) is 1.37. The van der Waals surface area contributed by atoms with Crippen molar-refractivity contribution in [2.45, 2.75) is 37.6 Å². The maximum Gasteiger partial charge on any atom is 0.490 e. The van der Waals surface area contributed by atoms with E-state index in [1.54, 1.807) is 23.0 Å². The number of anilines is 2. The summed E-state index contributed by atoms with van der Waals surface area (Å²) >= 11 is 0. The number of nitrogens with zero attached hydrogens (tertiary/aromatic N) is 7. The van der Waals surface area contributed by atoms with Crippen molar-refractivity contribution in [2.24, 2.45) is 0 Å². The molecule has 37 heavy (non-hydrogen) atoms. The van der Waals surface area contributed by atoms with Crippen molar-refractivity contribution in [1.82, 2.24) is 24.3 Å². The summed E-state index contributed by atoms with van der Waals surface area (Å²) in [6.07, 6.45) is 0.0683. The molecule has 1 aromatic carbocycles. The molecule has 0 atom stereocenters. The molecule has 1 N–H and O–H groups in total. The van der Waals surface area contributed by atoms with E-state index in [1.807, 2.05) is 37.4 Å². The number of aromatic nitrogens is 5. The molecule has 2 aromatic heterocycles. The van der Waals surface area contributed by atoms with Crippen LogP contribution in [0.15, 0.2) is 58.4 Å². The van der Waals surface area contributed by atoms with E-state index >= 15 is 0 Å². The highest BCUT2D eigenvalue weighted by Crippen LogP contribution is 2.37. The SMILES string of the molecule is CN1c2nn(Cc3ccccc3)c(=O)c(=O)n2CC12CCN(c1ncccn1)CC2.O=C(O)C(F)(F)F. The number of aliphatic carboxylic acids is 1. The lowest BCUT2D eigenvalue weighted by atomic mass is 9.87. The Hall–Kier alpha value is -4.23. The lowest BCUT2D eigenvalue weighted by Gasteiger charge is -2.43. The summed E-state index contributed by atoms with van der Waals surface area (Å²) in [6.45, 7) is 2.33. The minimum absolute atomic E-state index is 0.233. The van der Waals surface area contributed by atoms with Crippen molar-refractivity contribution in [1.29, 1.82) is 0 Å². The van der Waals surface area contributed by atoms with E-state index in [0.717, 1.165) is 37.4 Å². The molecule has 0 amide bonds. The van der Waals surface area contributed by atoms with Crippen molar-refractivity contribution in [2.75, 3.05) is 29.9 Å². The fraction of sp³-hybridized carbons (Fsp3) is 0.391. The number of alkyl halides is 3. The lowest BCUT2D eigenvalue weighted by Crippen LogP contribution is -2.53. The number of hydrogen-bond donors (Lipinski definition) is 1. The van der Waals surface area contributed by atoms with Crippen molar-refractivity contribution in [3.05, 3.63) is 75.1 Å². The third-order valence-corrected chi connectivity index (χ3v) is 6.52. The molecule has 1 spiro atoms. The molecule has 2 aliphatic heterocycles. The van der Waals surface area contributed by atoms with Crippen molar-refractivity contribution >= 4 is 17.9 Å². The van der Waals surface area contributed by atoms with Crippen LogP contribution in [0.3, 0.4) is 0 Å². The fourth-order valence-corrected chi connectivity index (χ4v) is 4.46. The first kappa shape index (κ1) is 25.9. The molecule has 4 heterocycles. The topological polar surface area (TPSA) is 126 Å². The Morgan fingerprint density at radius 3 is 2.19 bits per heavy atom. The molecule has 5 rings (SSSR count). The Kier molecular flexibility index (Phi) is 7.01. The summed E-state index contributed by atoms with van der Waals surface area (Å²) < 4.78 is 34.6. The van der Waals surface area contributed by atoms with Gasteiger partial charge < -0.3 is 14.9 Å².